The van der Waals surface area contributed by atoms with E-state index >= 15 is 0 Å². The minimum Gasteiger partial charge on any atom is -0.507 e. The first-order valence-corrected chi connectivity index (χ1v) is 8.34. The van der Waals surface area contributed by atoms with Crippen molar-refractivity contribution in [2.75, 3.05) is 5.32 Å². The minimum atomic E-state index is -0.339. The highest BCUT2D eigenvalue weighted by molar-refractivity contribution is 5.94. The first-order valence-electron chi connectivity index (χ1n) is 8.34. The van der Waals surface area contributed by atoms with Crippen molar-refractivity contribution < 1.29 is 14.7 Å². The number of carbonyl (C=O) groups is 2. The molecule has 2 rings (SSSR count). The van der Waals surface area contributed by atoms with E-state index in [2.05, 4.69) is 15.8 Å². The summed E-state index contributed by atoms with van der Waals surface area (Å²) >= 11 is 0. The Balaban J connectivity index is 1.80. The predicted molar refractivity (Wildman–Crippen MR) is 102 cm³/mol. The van der Waals surface area contributed by atoms with E-state index in [-0.39, 0.29) is 30.4 Å². The Hall–Kier alpha value is -3.15. The standard InChI is InChI=1S/C20H23N3O3/c1-13-6-4-5-7-17(13)22-18(24)8-9-19(25)23-21-12-16-10-14(2)20(26)15(3)11-16/h4-7,10-12,26H,8-9H2,1-3H3,(H,22,24)(H,23,25). The molecule has 0 aromatic heterocycles. The Bertz CT molecular complexity index is 821. The number of anilines is 1. The molecule has 2 aromatic rings. The van der Waals surface area contributed by atoms with Gasteiger partial charge >= 0.3 is 0 Å². The Labute approximate surface area is 152 Å². The number of para-hydroxylation sites is 1. The quantitative estimate of drug-likeness (QED) is 0.550. The summed E-state index contributed by atoms with van der Waals surface area (Å²) in [5.41, 5.74) is 6.37. The van der Waals surface area contributed by atoms with Crippen LogP contribution < -0.4 is 10.7 Å². The number of nitrogens with zero attached hydrogens (tertiary/aromatic N) is 1. The first-order chi connectivity index (χ1) is 12.4. The van der Waals surface area contributed by atoms with Gasteiger partial charge < -0.3 is 10.4 Å². The molecule has 3 N–H and O–H groups in total. The first kappa shape index (κ1) is 19.2. The van der Waals surface area contributed by atoms with E-state index < -0.39 is 0 Å². The lowest BCUT2D eigenvalue weighted by atomic mass is 10.1. The molecule has 0 radical (unpaired) electrons. The highest BCUT2D eigenvalue weighted by Crippen LogP contribution is 2.22. The normalized spacial score (nSPS) is 10.7. The zero-order valence-corrected chi connectivity index (χ0v) is 15.2. The van der Waals surface area contributed by atoms with E-state index in [1.165, 1.54) is 6.21 Å². The van der Waals surface area contributed by atoms with Crippen molar-refractivity contribution in [3.8, 4) is 5.75 Å². The molecule has 0 aliphatic heterocycles. The molecule has 6 nitrogen and oxygen atoms in total. The van der Waals surface area contributed by atoms with E-state index in [0.29, 0.717) is 0 Å². The van der Waals surface area contributed by atoms with Crippen LogP contribution in [0.2, 0.25) is 0 Å². The molecular formula is C20H23N3O3. The summed E-state index contributed by atoms with van der Waals surface area (Å²) in [4.78, 5) is 23.7. The summed E-state index contributed by atoms with van der Waals surface area (Å²) in [5, 5.41) is 16.4. The topological polar surface area (TPSA) is 90.8 Å². The second kappa shape index (κ2) is 8.80. The van der Waals surface area contributed by atoms with Crippen LogP contribution in [0.3, 0.4) is 0 Å². The van der Waals surface area contributed by atoms with Gasteiger partial charge in [-0.25, -0.2) is 5.43 Å². The van der Waals surface area contributed by atoms with Gasteiger partial charge in [-0.05, 0) is 61.2 Å². The maximum absolute atomic E-state index is 11.9. The van der Waals surface area contributed by atoms with E-state index in [9.17, 15) is 14.7 Å². The zero-order valence-electron chi connectivity index (χ0n) is 15.2. The number of aryl methyl sites for hydroxylation is 3. The van der Waals surface area contributed by atoms with Crippen LogP contribution in [0.5, 0.6) is 5.75 Å². The molecule has 0 saturated carbocycles. The number of benzene rings is 2. The van der Waals surface area contributed by atoms with E-state index in [4.69, 9.17) is 0 Å². The van der Waals surface area contributed by atoms with Gasteiger partial charge in [0.05, 0.1) is 6.21 Å². The van der Waals surface area contributed by atoms with Crippen LogP contribution in [0, 0.1) is 20.8 Å². The number of nitrogens with one attached hydrogen (secondary N) is 2. The van der Waals surface area contributed by atoms with Crippen molar-refractivity contribution in [2.24, 2.45) is 5.10 Å². The molecule has 0 unspecified atom stereocenters. The zero-order chi connectivity index (χ0) is 19.1. The number of amides is 2. The van der Waals surface area contributed by atoms with Crippen LogP contribution in [0.1, 0.15) is 35.1 Å². The molecule has 26 heavy (non-hydrogen) atoms. The fourth-order valence-electron chi connectivity index (χ4n) is 2.45. The fourth-order valence-corrected chi connectivity index (χ4v) is 2.45. The number of hydrogen-bond acceptors (Lipinski definition) is 4. The van der Waals surface area contributed by atoms with Gasteiger partial charge in [0.2, 0.25) is 11.8 Å². The molecule has 0 saturated heterocycles. The van der Waals surface area contributed by atoms with Crippen molar-refractivity contribution >= 4 is 23.7 Å². The molecule has 0 fully saturated rings. The van der Waals surface area contributed by atoms with Crippen molar-refractivity contribution in [2.45, 2.75) is 33.6 Å². The Morgan fingerprint density at radius 2 is 1.62 bits per heavy atom. The average molecular weight is 353 g/mol. The maximum atomic E-state index is 11.9. The lowest BCUT2D eigenvalue weighted by Gasteiger charge is -2.07. The van der Waals surface area contributed by atoms with Crippen LogP contribution in [-0.2, 0) is 9.59 Å². The minimum absolute atomic E-state index is 0.0443. The van der Waals surface area contributed by atoms with Crippen molar-refractivity contribution in [1.82, 2.24) is 5.43 Å². The van der Waals surface area contributed by atoms with E-state index in [1.807, 2.05) is 31.2 Å². The summed E-state index contributed by atoms with van der Waals surface area (Å²) in [6.45, 7) is 5.50. The summed E-state index contributed by atoms with van der Waals surface area (Å²) < 4.78 is 0. The van der Waals surface area contributed by atoms with Crippen LogP contribution in [-0.4, -0.2) is 23.1 Å². The molecule has 2 aromatic carbocycles. The molecule has 0 heterocycles. The van der Waals surface area contributed by atoms with Gasteiger partial charge in [-0.1, -0.05) is 18.2 Å². The lowest BCUT2D eigenvalue weighted by molar-refractivity contribution is -0.124. The Kier molecular flexibility index (Phi) is 6.49. The number of rotatable bonds is 6. The molecule has 136 valence electrons. The number of aromatic hydroxyl groups is 1. The molecule has 6 heteroatoms. The van der Waals surface area contributed by atoms with Gasteiger partial charge in [0.1, 0.15) is 5.75 Å². The predicted octanol–water partition coefficient (Wildman–Crippen LogP) is 3.19. The molecule has 0 bridgehead atoms. The monoisotopic (exact) mass is 353 g/mol. The highest BCUT2D eigenvalue weighted by Gasteiger charge is 2.08. The van der Waals surface area contributed by atoms with Crippen molar-refractivity contribution in [3.63, 3.8) is 0 Å². The number of hydrogen-bond donors (Lipinski definition) is 3. The van der Waals surface area contributed by atoms with Crippen LogP contribution >= 0.6 is 0 Å². The smallest absolute Gasteiger partial charge is 0.240 e. The number of hydrazone groups is 1. The van der Waals surface area contributed by atoms with E-state index in [0.717, 1.165) is 27.9 Å². The Morgan fingerprint density at radius 1 is 1.00 bits per heavy atom. The third kappa shape index (κ3) is 5.44. The van der Waals surface area contributed by atoms with Crippen LogP contribution in [0.15, 0.2) is 41.5 Å². The average Bonchev–Trinajstić information content (AvgIpc) is 2.60. The van der Waals surface area contributed by atoms with Gasteiger partial charge in [-0.3, -0.25) is 9.59 Å². The molecule has 2 amide bonds. The summed E-state index contributed by atoms with van der Waals surface area (Å²) in [6, 6.07) is 11.0. The van der Waals surface area contributed by atoms with Gasteiger partial charge in [-0.15, -0.1) is 0 Å². The number of phenols is 1. The third-order valence-electron chi connectivity index (χ3n) is 3.91. The summed E-state index contributed by atoms with van der Waals surface area (Å²) in [5.74, 6) is -0.303. The molecule has 0 aliphatic carbocycles. The van der Waals surface area contributed by atoms with Gasteiger partial charge in [-0.2, -0.15) is 5.10 Å². The number of phenolic OH excluding ortho intramolecular Hbond substituents is 1. The van der Waals surface area contributed by atoms with Crippen LogP contribution in [0.4, 0.5) is 5.69 Å². The Morgan fingerprint density at radius 3 is 2.27 bits per heavy atom. The highest BCUT2D eigenvalue weighted by atomic mass is 16.3. The SMILES string of the molecule is Cc1ccccc1NC(=O)CCC(=O)NN=Cc1cc(C)c(O)c(C)c1. The maximum Gasteiger partial charge on any atom is 0.240 e. The summed E-state index contributed by atoms with van der Waals surface area (Å²) in [6.07, 6.45) is 1.63. The molecule has 0 aliphatic rings. The number of carbonyl (C=O) groups excluding carboxylic acids is 2. The largest absolute Gasteiger partial charge is 0.507 e. The van der Waals surface area contributed by atoms with Crippen LogP contribution in [0.25, 0.3) is 0 Å². The van der Waals surface area contributed by atoms with Gasteiger partial charge in [0, 0.05) is 18.5 Å². The van der Waals surface area contributed by atoms with Crippen molar-refractivity contribution in [3.05, 3.63) is 58.7 Å². The lowest BCUT2D eigenvalue weighted by Crippen LogP contribution is -2.20. The second-order valence-electron chi connectivity index (χ2n) is 6.16. The third-order valence-corrected chi connectivity index (χ3v) is 3.91. The second-order valence-corrected chi connectivity index (χ2v) is 6.16. The molecule has 0 atom stereocenters. The fraction of sp³-hybridized carbons (Fsp3) is 0.250. The van der Waals surface area contributed by atoms with Crippen molar-refractivity contribution in [1.29, 1.82) is 0 Å². The summed E-state index contributed by atoms with van der Waals surface area (Å²) in [7, 11) is 0. The molecule has 0 spiro atoms. The van der Waals surface area contributed by atoms with Gasteiger partial charge in [0.25, 0.3) is 0 Å². The molecular weight excluding hydrogens is 330 g/mol. The van der Waals surface area contributed by atoms with E-state index in [1.54, 1.807) is 26.0 Å². The van der Waals surface area contributed by atoms with Gasteiger partial charge in [0.15, 0.2) is 0 Å².